The molecule has 1 aromatic rings. The van der Waals surface area contributed by atoms with Crippen molar-refractivity contribution in [3.63, 3.8) is 0 Å². The Bertz CT molecular complexity index is 444. The number of nitrogens with two attached hydrogens (primary N) is 1. The van der Waals surface area contributed by atoms with Gasteiger partial charge < -0.3 is 20.9 Å². The summed E-state index contributed by atoms with van der Waals surface area (Å²) in [5, 5.41) is 8.11. The van der Waals surface area contributed by atoms with Crippen LogP contribution in [0, 0.1) is 6.92 Å². The van der Waals surface area contributed by atoms with Gasteiger partial charge in [-0.25, -0.2) is 0 Å². The zero-order chi connectivity index (χ0) is 12.8. The summed E-state index contributed by atoms with van der Waals surface area (Å²) in [7, 11) is 0. The summed E-state index contributed by atoms with van der Waals surface area (Å²) in [5.74, 6) is -0.966. The number of carbonyl (C=O) groups excluding carboxylic acids is 2. The van der Waals surface area contributed by atoms with Gasteiger partial charge in [0.15, 0.2) is 5.82 Å². The smallest absolute Gasteiger partial charge is 0.309 e. The van der Waals surface area contributed by atoms with Crippen molar-refractivity contribution < 1.29 is 14.1 Å². The third-order valence-corrected chi connectivity index (χ3v) is 1.75. The Morgan fingerprint density at radius 1 is 1.41 bits per heavy atom. The molecule has 0 radical (unpaired) electrons. The van der Waals surface area contributed by atoms with Crippen LogP contribution in [0.15, 0.2) is 4.52 Å². The fourth-order valence-electron chi connectivity index (χ4n) is 0.900. The molecule has 8 nitrogen and oxygen atoms in total. The van der Waals surface area contributed by atoms with Crippen LogP contribution in [0.4, 0.5) is 0 Å². The van der Waals surface area contributed by atoms with Crippen LogP contribution in [-0.4, -0.2) is 33.5 Å². The summed E-state index contributed by atoms with van der Waals surface area (Å²) in [6.45, 7) is 1.60. The maximum absolute atomic E-state index is 11.2. The zero-order valence-corrected chi connectivity index (χ0v) is 9.84. The average molecular weight is 257 g/mol. The molecular formula is C8H11N5O3S. The molecule has 0 aliphatic heterocycles. The van der Waals surface area contributed by atoms with Crippen molar-refractivity contribution in [2.24, 2.45) is 5.73 Å². The zero-order valence-electron chi connectivity index (χ0n) is 9.02. The van der Waals surface area contributed by atoms with Crippen LogP contribution in [0.25, 0.3) is 0 Å². The van der Waals surface area contributed by atoms with E-state index in [0.29, 0.717) is 5.89 Å². The number of nitrogens with one attached hydrogen (secondary N) is 2. The number of carbonyl (C=O) groups is 2. The topological polar surface area (TPSA) is 123 Å². The number of thiocarbonyl (C=S) groups is 1. The van der Waals surface area contributed by atoms with E-state index in [0.717, 1.165) is 0 Å². The molecule has 0 atom stereocenters. The van der Waals surface area contributed by atoms with Crippen molar-refractivity contribution in [2.75, 3.05) is 6.54 Å². The van der Waals surface area contributed by atoms with E-state index >= 15 is 0 Å². The van der Waals surface area contributed by atoms with Gasteiger partial charge in [-0.1, -0.05) is 17.4 Å². The monoisotopic (exact) mass is 257 g/mol. The van der Waals surface area contributed by atoms with Gasteiger partial charge in [0, 0.05) is 6.92 Å². The molecule has 17 heavy (non-hydrogen) atoms. The Morgan fingerprint density at radius 3 is 2.59 bits per heavy atom. The average Bonchev–Trinajstić information content (AvgIpc) is 2.68. The molecular weight excluding hydrogens is 246 g/mol. The molecule has 9 heteroatoms. The standard InChI is InChI=1S/C8H11N5O3S/c1-4-12-6(13-16-4)3-11-8(15)7(14)10-2-5(9)17/h2-3H2,1H3,(H2,9,17)(H,10,14)(H,11,15). The Hall–Kier alpha value is -2.03. The van der Waals surface area contributed by atoms with Crippen molar-refractivity contribution in [2.45, 2.75) is 13.5 Å². The molecule has 2 amide bonds. The third-order valence-electron chi connectivity index (χ3n) is 1.61. The number of aryl methyl sites for hydroxylation is 1. The van der Waals surface area contributed by atoms with Crippen LogP contribution < -0.4 is 16.4 Å². The van der Waals surface area contributed by atoms with Crippen molar-refractivity contribution in [3.8, 4) is 0 Å². The first-order chi connectivity index (χ1) is 7.99. The van der Waals surface area contributed by atoms with Gasteiger partial charge in [0.2, 0.25) is 5.89 Å². The van der Waals surface area contributed by atoms with Crippen LogP contribution >= 0.6 is 12.2 Å². The Balaban J connectivity index is 2.34. The summed E-state index contributed by atoms with van der Waals surface area (Å²) < 4.78 is 4.69. The molecule has 1 heterocycles. The van der Waals surface area contributed by atoms with E-state index in [1.165, 1.54) is 0 Å². The predicted molar refractivity (Wildman–Crippen MR) is 60.7 cm³/mol. The van der Waals surface area contributed by atoms with E-state index in [9.17, 15) is 9.59 Å². The van der Waals surface area contributed by atoms with Gasteiger partial charge in [-0.15, -0.1) is 0 Å². The number of nitrogens with zero attached hydrogens (tertiary/aromatic N) is 2. The minimum absolute atomic E-state index is 0.0106. The van der Waals surface area contributed by atoms with Gasteiger partial charge in [-0.2, -0.15) is 4.98 Å². The van der Waals surface area contributed by atoms with Gasteiger partial charge >= 0.3 is 11.8 Å². The number of aromatic nitrogens is 2. The largest absolute Gasteiger partial charge is 0.392 e. The summed E-state index contributed by atoms with van der Waals surface area (Å²) in [6.07, 6.45) is 0. The van der Waals surface area contributed by atoms with Crippen LogP contribution in [0.5, 0.6) is 0 Å². The van der Waals surface area contributed by atoms with Gasteiger partial charge in [0.25, 0.3) is 0 Å². The van der Waals surface area contributed by atoms with Crippen LogP contribution in [0.1, 0.15) is 11.7 Å². The van der Waals surface area contributed by atoms with Crippen molar-refractivity contribution in [3.05, 3.63) is 11.7 Å². The normalized spacial score (nSPS) is 9.71. The van der Waals surface area contributed by atoms with Gasteiger partial charge in [0.1, 0.15) is 0 Å². The Morgan fingerprint density at radius 2 is 2.06 bits per heavy atom. The second kappa shape index (κ2) is 5.89. The van der Waals surface area contributed by atoms with Crippen molar-refractivity contribution in [1.29, 1.82) is 0 Å². The van der Waals surface area contributed by atoms with E-state index in [-0.39, 0.29) is 23.9 Å². The quantitative estimate of drug-likeness (QED) is 0.438. The minimum Gasteiger partial charge on any atom is -0.392 e. The molecule has 0 unspecified atom stereocenters. The lowest BCUT2D eigenvalue weighted by molar-refractivity contribution is -0.139. The number of amides is 2. The fourth-order valence-corrected chi connectivity index (χ4v) is 0.973. The van der Waals surface area contributed by atoms with E-state index in [4.69, 9.17) is 5.73 Å². The molecule has 92 valence electrons. The predicted octanol–water partition coefficient (Wildman–Crippen LogP) is -1.60. The molecule has 0 aromatic carbocycles. The number of hydrogen-bond donors (Lipinski definition) is 3. The number of rotatable bonds is 4. The molecule has 0 fully saturated rings. The summed E-state index contributed by atoms with van der Waals surface area (Å²) in [5.41, 5.74) is 5.16. The van der Waals surface area contributed by atoms with Crippen molar-refractivity contribution >= 4 is 29.0 Å². The van der Waals surface area contributed by atoms with Crippen LogP contribution in [-0.2, 0) is 16.1 Å². The molecule has 0 saturated heterocycles. The Kier molecular flexibility index (Phi) is 4.52. The SMILES string of the molecule is Cc1nc(CNC(=O)C(=O)NCC(N)=S)no1. The fraction of sp³-hybridized carbons (Fsp3) is 0.375. The highest BCUT2D eigenvalue weighted by Crippen LogP contribution is 1.93. The lowest BCUT2D eigenvalue weighted by Crippen LogP contribution is -2.42. The van der Waals surface area contributed by atoms with E-state index < -0.39 is 11.8 Å². The minimum atomic E-state index is -0.821. The first-order valence-electron chi connectivity index (χ1n) is 4.62. The van der Waals surface area contributed by atoms with Crippen molar-refractivity contribution in [1.82, 2.24) is 20.8 Å². The maximum Gasteiger partial charge on any atom is 0.309 e. The molecule has 1 aromatic heterocycles. The summed E-state index contributed by atoms with van der Waals surface area (Å²) in [6, 6.07) is 0. The molecule has 0 aliphatic carbocycles. The van der Waals surface area contributed by atoms with Crippen LogP contribution in [0.2, 0.25) is 0 Å². The molecule has 0 bridgehead atoms. The highest BCUT2D eigenvalue weighted by atomic mass is 32.1. The lowest BCUT2D eigenvalue weighted by Gasteiger charge is -2.03. The second-order valence-electron chi connectivity index (χ2n) is 3.06. The summed E-state index contributed by atoms with van der Waals surface area (Å²) in [4.78, 5) is 26.4. The first kappa shape index (κ1) is 13.0. The van der Waals surface area contributed by atoms with E-state index in [1.54, 1.807) is 6.92 Å². The summed E-state index contributed by atoms with van der Waals surface area (Å²) >= 11 is 4.54. The van der Waals surface area contributed by atoms with Gasteiger partial charge in [-0.3, -0.25) is 9.59 Å². The lowest BCUT2D eigenvalue weighted by atomic mass is 10.5. The molecule has 1 rings (SSSR count). The molecule has 0 spiro atoms. The maximum atomic E-state index is 11.2. The van der Waals surface area contributed by atoms with Gasteiger partial charge in [-0.05, 0) is 0 Å². The Labute approximate surface area is 102 Å². The van der Waals surface area contributed by atoms with E-state index in [2.05, 4.69) is 37.5 Å². The number of hydrogen-bond acceptors (Lipinski definition) is 6. The van der Waals surface area contributed by atoms with Crippen LogP contribution in [0.3, 0.4) is 0 Å². The highest BCUT2D eigenvalue weighted by molar-refractivity contribution is 7.80. The second-order valence-corrected chi connectivity index (χ2v) is 3.59. The molecule has 0 saturated carbocycles. The van der Waals surface area contributed by atoms with E-state index in [1.807, 2.05) is 0 Å². The first-order valence-corrected chi connectivity index (χ1v) is 5.03. The highest BCUT2D eigenvalue weighted by Gasteiger charge is 2.13. The molecule has 4 N–H and O–H groups in total. The van der Waals surface area contributed by atoms with Gasteiger partial charge in [0.05, 0.1) is 18.1 Å². The molecule has 0 aliphatic rings. The third kappa shape index (κ3) is 4.55.